The molecule has 2 aromatic carbocycles. The first-order valence-corrected chi connectivity index (χ1v) is 6.45. The minimum Gasteiger partial charge on any atom is -0.497 e. The average Bonchev–Trinajstić information content (AvgIpc) is 2.54. The van der Waals surface area contributed by atoms with Crippen LogP contribution in [0.3, 0.4) is 0 Å². The van der Waals surface area contributed by atoms with E-state index in [-0.39, 0.29) is 16.5 Å². The van der Waals surface area contributed by atoms with Crippen LogP contribution in [-0.4, -0.2) is 12.0 Å². The largest absolute Gasteiger partial charge is 0.497 e. The summed E-state index contributed by atoms with van der Waals surface area (Å²) in [5, 5.41) is 11.0. The molecule has 0 amide bonds. The Kier molecular flexibility index (Phi) is 3.34. The fourth-order valence-electron chi connectivity index (χ4n) is 2.16. The molecule has 1 aromatic heterocycles. The van der Waals surface area contributed by atoms with Crippen LogP contribution in [0, 0.1) is 10.1 Å². The van der Waals surface area contributed by atoms with E-state index in [1.165, 1.54) is 24.3 Å². The summed E-state index contributed by atoms with van der Waals surface area (Å²) in [5.74, 6) is 1.09. The highest BCUT2D eigenvalue weighted by molar-refractivity contribution is 5.81. The Morgan fingerprint density at radius 1 is 1.09 bits per heavy atom. The van der Waals surface area contributed by atoms with Crippen LogP contribution >= 0.6 is 0 Å². The first-order valence-electron chi connectivity index (χ1n) is 6.45. The maximum atomic E-state index is 12.2. The number of nitro groups is 1. The second kappa shape index (κ2) is 5.33. The monoisotopic (exact) mass is 297 g/mol. The molecule has 110 valence electrons. The maximum Gasteiger partial charge on any atom is 0.270 e. The van der Waals surface area contributed by atoms with Gasteiger partial charge in [0.05, 0.1) is 17.4 Å². The van der Waals surface area contributed by atoms with Gasteiger partial charge in [-0.05, 0) is 30.3 Å². The zero-order valence-corrected chi connectivity index (χ0v) is 11.6. The molecule has 0 fully saturated rings. The second-order valence-corrected chi connectivity index (χ2v) is 4.64. The van der Waals surface area contributed by atoms with E-state index in [1.807, 2.05) is 0 Å². The van der Waals surface area contributed by atoms with Crippen LogP contribution < -0.4 is 10.2 Å². The van der Waals surface area contributed by atoms with Crippen LogP contribution in [0.5, 0.6) is 5.75 Å². The third kappa shape index (κ3) is 2.42. The average molecular weight is 297 g/mol. The van der Waals surface area contributed by atoms with Gasteiger partial charge in [0.15, 0.2) is 5.43 Å². The first kappa shape index (κ1) is 13.8. The summed E-state index contributed by atoms with van der Waals surface area (Å²) in [7, 11) is 1.57. The van der Waals surface area contributed by atoms with E-state index in [2.05, 4.69) is 0 Å². The molecule has 0 atom stereocenters. The number of nitrogens with zero attached hydrogens (tertiary/aromatic N) is 1. The molecule has 1 heterocycles. The number of fused-ring (bicyclic) bond motifs is 1. The molecule has 0 aliphatic carbocycles. The van der Waals surface area contributed by atoms with Crippen molar-refractivity contribution in [2.24, 2.45) is 0 Å². The van der Waals surface area contributed by atoms with Gasteiger partial charge in [0.25, 0.3) is 5.69 Å². The second-order valence-electron chi connectivity index (χ2n) is 4.64. The number of nitro benzene ring substituents is 1. The van der Waals surface area contributed by atoms with Gasteiger partial charge < -0.3 is 9.15 Å². The standard InChI is InChI=1S/C16H11NO5/c1-21-12-5-2-10(3-6-12)16-9-14(18)13-8-11(17(19)20)4-7-15(13)22-16/h2-9H,1H3. The zero-order chi connectivity index (χ0) is 15.7. The summed E-state index contributed by atoms with van der Waals surface area (Å²) in [4.78, 5) is 22.4. The van der Waals surface area contributed by atoms with Crippen molar-refractivity contribution in [2.75, 3.05) is 7.11 Å². The van der Waals surface area contributed by atoms with E-state index in [0.29, 0.717) is 17.1 Å². The van der Waals surface area contributed by atoms with Crippen molar-refractivity contribution in [3.05, 3.63) is 68.9 Å². The van der Waals surface area contributed by atoms with Crippen LogP contribution in [0.4, 0.5) is 5.69 Å². The Morgan fingerprint density at radius 2 is 1.82 bits per heavy atom. The first-order chi connectivity index (χ1) is 10.6. The molecule has 3 rings (SSSR count). The number of hydrogen-bond donors (Lipinski definition) is 0. The molecular formula is C16H11NO5. The van der Waals surface area contributed by atoms with Gasteiger partial charge in [0.2, 0.25) is 0 Å². The lowest BCUT2D eigenvalue weighted by Gasteiger charge is -2.04. The minimum absolute atomic E-state index is 0.142. The van der Waals surface area contributed by atoms with Crippen molar-refractivity contribution in [3.8, 4) is 17.1 Å². The summed E-state index contributed by atoms with van der Waals surface area (Å²) in [6, 6.07) is 12.4. The van der Waals surface area contributed by atoms with Crippen molar-refractivity contribution < 1.29 is 14.1 Å². The Labute approximate surface area is 124 Å². The molecule has 0 radical (unpaired) electrons. The smallest absolute Gasteiger partial charge is 0.270 e. The van der Waals surface area contributed by atoms with E-state index >= 15 is 0 Å². The maximum absolute atomic E-state index is 12.2. The molecule has 0 aliphatic rings. The topological polar surface area (TPSA) is 82.6 Å². The highest BCUT2D eigenvalue weighted by Crippen LogP contribution is 2.25. The molecule has 3 aromatic rings. The molecule has 0 unspecified atom stereocenters. The molecular weight excluding hydrogens is 286 g/mol. The van der Waals surface area contributed by atoms with Crippen molar-refractivity contribution in [1.29, 1.82) is 0 Å². The van der Waals surface area contributed by atoms with Crippen molar-refractivity contribution in [1.82, 2.24) is 0 Å². The molecule has 6 nitrogen and oxygen atoms in total. The van der Waals surface area contributed by atoms with Gasteiger partial charge in [-0.2, -0.15) is 0 Å². The fraction of sp³-hybridized carbons (Fsp3) is 0.0625. The number of methoxy groups -OCH3 is 1. The fourth-order valence-corrected chi connectivity index (χ4v) is 2.16. The predicted molar refractivity (Wildman–Crippen MR) is 81.1 cm³/mol. The highest BCUT2D eigenvalue weighted by Gasteiger charge is 2.12. The van der Waals surface area contributed by atoms with Crippen molar-refractivity contribution in [3.63, 3.8) is 0 Å². The van der Waals surface area contributed by atoms with Gasteiger partial charge in [-0.3, -0.25) is 14.9 Å². The lowest BCUT2D eigenvalue weighted by atomic mass is 10.1. The lowest BCUT2D eigenvalue weighted by molar-refractivity contribution is -0.384. The molecule has 0 aliphatic heterocycles. The van der Waals surface area contributed by atoms with Gasteiger partial charge in [-0.25, -0.2) is 0 Å². The van der Waals surface area contributed by atoms with E-state index in [9.17, 15) is 14.9 Å². The molecule has 0 bridgehead atoms. The Hall–Kier alpha value is -3.15. The van der Waals surface area contributed by atoms with Gasteiger partial charge in [-0.1, -0.05) is 0 Å². The van der Waals surface area contributed by atoms with Gasteiger partial charge in [0.1, 0.15) is 17.1 Å². The summed E-state index contributed by atoms with van der Waals surface area (Å²) in [5.41, 5.74) is 0.565. The molecule has 6 heteroatoms. The zero-order valence-electron chi connectivity index (χ0n) is 11.6. The Bertz CT molecular complexity index is 912. The number of benzene rings is 2. The quantitative estimate of drug-likeness (QED) is 0.546. The summed E-state index contributed by atoms with van der Waals surface area (Å²) >= 11 is 0. The molecule has 0 spiro atoms. The van der Waals surface area contributed by atoms with Crippen molar-refractivity contribution >= 4 is 16.7 Å². The van der Waals surface area contributed by atoms with Crippen LogP contribution in [0.1, 0.15) is 0 Å². The minimum atomic E-state index is -0.545. The van der Waals surface area contributed by atoms with Crippen LogP contribution in [-0.2, 0) is 0 Å². The normalized spacial score (nSPS) is 10.6. The third-order valence-corrected chi connectivity index (χ3v) is 3.30. The van der Waals surface area contributed by atoms with E-state index in [4.69, 9.17) is 9.15 Å². The summed E-state index contributed by atoms with van der Waals surface area (Å²) in [6.07, 6.45) is 0. The summed E-state index contributed by atoms with van der Waals surface area (Å²) < 4.78 is 10.8. The number of hydrogen-bond acceptors (Lipinski definition) is 5. The molecule has 22 heavy (non-hydrogen) atoms. The Balaban J connectivity index is 2.14. The number of non-ortho nitro benzene ring substituents is 1. The third-order valence-electron chi connectivity index (χ3n) is 3.30. The van der Waals surface area contributed by atoms with Crippen LogP contribution in [0.15, 0.2) is 57.7 Å². The number of rotatable bonds is 3. The SMILES string of the molecule is COc1ccc(-c2cc(=O)c3cc([N+](=O)[O-])ccc3o2)cc1. The molecule has 0 saturated carbocycles. The number of ether oxygens (including phenoxy) is 1. The van der Waals surface area contributed by atoms with Gasteiger partial charge >= 0.3 is 0 Å². The predicted octanol–water partition coefficient (Wildman–Crippen LogP) is 3.38. The molecule has 0 N–H and O–H groups in total. The summed E-state index contributed by atoms with van der Waals surface area (Å²) in [6.45, 7) is 0. The van der Waals surface area contributed by atoms with Crippen LogP contribution in [0.2, 0.25) is 0 Å². The highest BCUT2D eigenvalue weighted by atomic mass is 16.6. The van der Waals surface area contributed by atoms with Crippen LogP contribution in [0.25, 0.3) is 22.3 Å². The van der Waals surface area contributed by atoms with E-state index in [0.717, 1.165) is 5.56 Å². The van der Waals surface area contributed by atoms with E-state index in [1.54, 1.807) is 31.4 Å². The van der Waals surface area contributed by atoms with Gasteiger partial charge in [-0.15, -0.1) is 0 Å². The molecule has 0 saturated heterocycles. The lowest BCUT2D eigenvalue weighted by Crippen LogP contribution is -2.01. The van der Waals surface area contributed by atoms with Crippen molar-refractivity contribution in [2.45, 2.75) is 0 Å². The Morgan fingerprint density at radius 3 is 2.45 bits per heavy atom. The van der Waals surface area contributed by atoms with Gasteiger partial charge in [0, 0.05) is 23.8 Å². The van der Waals surface area contributed by atoms with E-state index < -0.39 is 4.92 Å².